The quantitative estimate of drug-likeness (QED) is 0.360. The maximum atomic E-state index is 14.7. The van der Waals surface area contributed by atoms with Gasteiger partial charge in [-0.25, -0.2) is 23.1 Å². The number of carbonyl (C=O) groups excluding carboxylic acids is 3. The summed E-state index contributed by atoms with van der Waals surface area (Å²) in [6.45, 7) is 5.49. The Bertz CT molecular complexity index is 1500. The molecule has 2 aromatic carbocycles. The first kappa shape index (κ1) is 29.0. The molecule has 1 saturated carbocycles. The van der Waals surface area contributed by atoms with Crippen LogP contribution in [0.1, 0.15) is 49.3 Å². The van der Waals surface area contributed by atoms with Crippen molar-refractivity contribution in [3.8, 4) is 0 Å². The van der Waals surface area contributed by atoms with Gasteiger partial charge in [0.05, 0.1) is 0 Å². The van der Waals surface area contributed by atoms with Crippen LogP contribution in [0.5, 0.6) is 0 Å². The number of aryl methyl sites for hydroxylation is 1. The maximum Gasteiger partial charge on any atom is 0.254 e. The van der Waals surface area contributed by atoms with Crippen molar-refractivity contribution in [1.29, 1.82) is 0 Å². The van der Waals surface area contributed by atoms with E-state index in [4.69, 9.17) is 0 Å². The predicted molar refractivity (Wildman–Crippen MR) is 150 cm³/mol. The van der Waals surface area contributed by atoms with Crippen molar-refractivity contribution in [2.45, 2.75) is 63.1 Å². The van der Waals surface area contributed by atoms with Gasteiger partial charge in [-0.3, -0.25) is 24.2 Å². The number of nitrogens with zero attached hydrogens (tertiary/aromatic N) is 5. The topological polar surface area (TPSA) is 86.7 Å². The molecule has 3 aromatic rings. The molecule has 11 heteroatoms. The molecule has 218 valence electrons. The van der Waals surface area contributed by atoms with E-state index in [-0.39, 0.29) is 43.2 Å². The molecule has 2 fully saturated rings. The average Bonchev–Trinajstić information content (AvgIpc) is 3.54. The van der Waals surface area contributed by atoms with Gasteiger partial charge >= 0.3 is 0 Å². The van der Waals surface area contributed by atoms with Gasteiger partial charge in [-0.1, -0.05) is 36.9 Å². The molecule has 42 heavy (non-hydrogen) atoms. The Morgan fingerprint density at radius 2 is 1.83 bits per heavy atom. The van der Waals surface area contributed by atoms with E-state index in [1.807, 2.05) is 0 Å². The van der Waals surface area contributed by atoms with Gasteiger partial charge in [0.25, 0.3) is 11.8 Å². The number of amides is 3. The fraction of sp³-hybridized carbons (Fsp3) is 0.323. The van der Waals surface area contributed by atoms with Crippen LogP contribution < -0.4 is 9.80 Å². The number of carbonyl (C=O) groups is 3. The fourth-order valence-corrected chi connectivity index (χ4v) is 5.77. The van der Waals surface area contributed by atoms with Gasteiger partial charge in [0.15, 0.2) is 0 Å². The van der Waals surface area contributed by atoms with Gasteiger partial charge < -0.3 is 4.90 Å². The number of hydrogen-bond donors (Lipinski definition) is 0. The van der Waals surface area contributed by atoms with Gasteiger partial charge in [-0.2, -0.15) is 0 Å². The van der Waals surface area contributed by atoms with Crippen molar-refractivity contribution in [2.75, 3.05) is 9.80 Å². The van der Waals surface area contributed by atoms with Crippen LogP contribution in [0.3, 0.4) is 0 Å². The van der Waals surface area contributed by atoms with E-state index in [2.05, 4.69) is 16.5 Å². The van der Waals surface area contributed by atoms with Crippen LogP contribution in [0, 0.1) is 12.7 Å². The lowest BCUT2D eigenvalue weighted by molar-refractivity contribution is -0.134. The van der Waals surface area contributed by atoms with E-state index in [9.17, 15) is 27.6 Å². The second-order valence-corrected chi connectivity index (χ2v) is 10.5. The van der Waals surface area contributed by atoms with Crippen LogP contribution in [0.25, 0.3) is 0 Å². The highest BCUT2D eigenvalue weighted by Crippen LogP contribution is 2.40. The SMILES string of the molecule is C=CN(C(=O)C(c1ccccc1C)N(C(=O)[C@@H]1CCC(=O)N1c1ncccn1)c1cccc(F)c1)C1CCC(F)(F)C1. The number of alkyl halides is 2. The zero-order valence-corrected chi connectivity index (χ0v) is 23.0. The Hall–Kier alpha value is -4.54. The summed E-state index contributed by atoms with van der Waals surface area (Å²) in [5.41, 5.74) is 1.13. The Balaban J connectivity index is 1.66. The van der Waals surface area contributed by atoms with Crippen molar-refractivity contribution in [2.24, 2.45) is 0 Å². The Kier molecular flexibility index (Phi) is 8.11. The lowest BCUT2D eigenvalue weighted by atomic mass is 9.96. The minimum atomic E-state index is -2.94. The highest BCUT2D eigenvalue weighted by molar-refractivity contribution is 6.10. The lowest BCUT2D eigenvalue weighted by Crippen LogP contribution is -2.53. The molecule has 0 N–H and O–H groups in total. The summed E-state index contributed by atoms with van der Waals surface area (Å²) in [5.74, 6) is -5.28. The third-order valence-electron chi connectivity index (χ3n) is 7.79. The first-order chi connectivity index (χ1) is 20.1. The van der Waals surface area contributed by atoms with E-state index in [0.717, 1.165) is 15.9 Å². The minimum absolute atomic E-state index is 0.0252. The summed E-state index contributed by atoms with van der Waals surface area (Å²) in [6.07, 6.45) is 3.35. The summed E-state index contributed by atoms with van der Waals surface area (Å²) in [5, 5.41) is 0. The molecule has 1 saturated heterocycles. The largest absolute Gasteiger partial charge is 0.314 e. The van der Waals surface area contributed by atoms with Crippen LogP contribution in [0.15, 0.2) is 79.8 Å². The van der Waals surface area contributed by atoms with Crippen molar-refractivity contribution < 1.29 is 27.6 Å². The normalized spacial score (nSPS) is 20.3. The van der Waals surface area contributed by atoms with Crippen LogP contribution in [-0.2, 0) is 14.4 Å². The minimum Gasteiger partial charge on any atom is -0.314 e. The molecule has 2 heterocycles. The Morgan fingerprint density at radius 3 is 2.48 bits per heavy atom. The molecule has 0 spiro atoms. The van der Waals surface area contributed by atoms with Gasteiger partial charge in [0.1, 0.15) is 17.9 Å². The zero-order chi connectivity index (χ0) is 30.0. The third kappa shape index (κ3) is 5.63. The van der Waals surface area contributed by atoms with Crippen molar-refractivity contribution >= 4 is 29.4 Å². The third-order valence-corrected chi connectivity index (χ3v) is 7.79. The second-order valence-electron chi connectivity index (χ2n) is 10.5. The highest BCUT2D eigenvalue weighted by atomic mass is 19.3. The van der Waals surface area contributed by atoms with Crippen LogP contribution >= 0.6 is 0 Å². The molecule has 5 rings (SSSR count). The Morgan fingerprint density at radius 1 is 1.10 bits per heavy atom. The van der Waals surface area contributed by atoms with Gasteiger partial charge in [-0.15, -0.1) is 0 Å². The van der Waals surface area contributed by atoms with Gasteiger partial charge in [-0.05, 0) is 61.4 Å². The Labute approximate surface area is 241 Å². The molecule has 1 aliphatic carbocycles. The van der Waals surface area contributed by atoms with Gasteiger partial charge in [0.2, 0.25) is 17.8 Å². The summed E-state index contributed by atoms with van der Waals surface area (Å²) in [7, 11) is 0. The molecular weight excluding hydrogens is 547 g/mol. The number of aromatic nitrogens is 2. The molecule has 2 aliphatic rings. The van der Waals surface area contributed by atoms with E-state index in [0.29, 0.717) is 11.1 Å². The van der Waals surface area contributed by atoms with E-state index >= 15 is 0 Å². The van der Waals surface area contributed by atoms with E-state index < -0.39 is 48.1 Å². The number of benzene rings is 2. The maximum absolute atomic E-state index is 14.7. The summed E-state index contributed by atoms with van der Waals surface area (Å²) in [6, 6.07) is 10.4. The number of anilines is 2. The summed E-state index contributed by atoms with van der Waals surface area (Å²) >= 11 is 0. The standard InChI is InChI=1S/C31H30F3N5O3/c1-3-37(23-14-15-31(33,34)19-23)29(42)27(24-11-5-4-8-20(24)2)38(22-10-6-9-21(32)18-22)28(41)25-12-13-26(40)39(25)30-35-16-7-17-36-30/h3-11,16-18,23,25,27H,1,12-15,19H2,2H3/t23?,25-,27?/m0/s1. The van der Waals surface area contributed by atoms with Crippen LogP contribution in [-0.4, -0.2) is 50.6 Å². The lowest BCUT2D eigenvalue weighted by Gasteiger charge is -2.38. The van der Waals surface area contributed by atoms with Crippen LogP contribution in [0.4, 0.5) is 24.8 Å². The molecule has 2 unspecified atom stereocenters. The second kappa shape index (κ2) is 11.8. The van der Waals surface area contributed by atoms with Crippen molar-refractivity contribution in [3.05, 3.63) is 96.7 Å². The summed E-state index contributed by atoms with van der Waals surface area (Å²) < 4.78 is 43.2. The number of hydrogen-bond acceptors (Lipinski definition) is 5. The molecule has 1 aliphatic heterocycles. The van der Waals surface area contributed by atoms with Gasteiger partial charge in [0, 0.05) is 43.4 Å². The molecule has 0 radical (unpaired) electrons. The molecule has 1 aromatic heterocycles. The molecule has 0 bridgehead atoms. The molecule has 3 amide bonds. The van der Waals surface area contributed by atoms with Crippen molar-refractivity contribution in [3.63, 3.8) is 0 Å². The first-order valence-corrected chi connectivity index (χ1v) is 13.7. The predicted octanol–water partition coefficient (Wildman–Crippen LogP) is 5.35. The first-order valence-electron chi connectivity index (χ1n) is 13.7. The average molecular weight is 578 g/mol. The smallest absolute Gasteiger partial charge is 0.254 e. The fourth-order valence-electron chi connectivity index (χ4n) is 5.77. The number of rotatable bonds is 8. The van der Waals surface area contributed by atoms with Crippen molar-refractivity contribution in [1.82, 2.24) is 14.9 Å². The van der Waals surface area contributed by atoms with E-state index in [1.54, 1.807) is 37.3 Å². The van der Waals surface area contributed by atoms with E-state index in [1.165, 1.54) is 41.7 Å². The highest BCUT2D eigenvalue weighted by Gasteiger charge is 2.48. The monoisotopic (exact) mass is 577 g/mol. The molecule has 8 nitrogen and oxygen atoms in total. The van der Waals surface area contributed by atoms with Crippen LogP contribution in [0.2, 0.25) is 0 Å². The molecular formula is C31H30F3N5O3. The number of halogens is 3. The zero-order valence-electron chi connectivity index (χ0n) is 23.0. The molecule has 3 atom stereocenters. The summed E-state index contributed by atoms with van der Waals surface area (Å²) in [4.78, 5) is 53.9.